The van der Waals surface area contributed by atoms with Gasteiger partial charge in [-0.2, -0.15) is 4.31 Å². The standard InChI is InChI=1S/C25H28N2O5S/c1-3-27(4-2)33(29,30)24-12-8-11-21(17-24)26-25(28)19-32-23-15-13-22(14-16-23)31-18-20-9-6-5-7-10-20/h5-17H,3-4,18-19H2,1-2H3,(H,26,28). The van der Waals surface area contributed by atoms with E-state index in [0.717, 1.165) is 5.56 Å². The normalized spacial score (nSPS) is 11.2. The predicted molar refractivity (Wildman–Crippen MR) is 128 cm³/mol. The first kappa shape index (κ1) is 24.3. The van der Waals surface area contributed by atoms with E-state index in [-0.39, 0.29) is 11.5 Å². The molecule has 0 atom stereocenters. The number of carbonyl (C=O) groups excluding carboxylic acids is 1. The molecule has 0 aliphatic carbocycles. The van der Waals surface area contributed by atoms with Crippen molar-refractivity contribution in [1.82, 2.24) is 4.31 Å². The summed E-state index contributed by atoms with van der Waals surface area (Å²) in [5.41, 5.74) is 1.46. The first-order chi connectivity index (χ1) is 15.9. The lowest BCUT2D eigenvalue weighted by Crippen LogP contribution is -2.30. The molecule has 0 aromatic heterocycles. The zero-order chi connectivity index (χ0) is 23.7. The molecule has 8 heteroatoms. The molecule has 0 saturated heterocycles. The summed E-state index contributed by atoms with van der Waals surface area (Å²) in [6.45, 7) is 4.57. The smallest absolute Gasteiger partial charge is 0.262 e. The molecule has 7 nitrogen and oxygen atoms in total. The second-order valence-electron chi connectivity index (χ2n) is 7.20. The summed E-state index contributed by atoms with van der Waals surface area (Å²) in [6, 6.07) is 23.1. The number of sulfonamides is 1. The average molecular weight is 469 g/mol. The van der Waals surface area contributed by atoms with E-state index < -0.39 is 15.9 Å². The summed E-state index contributed by atoms with van der Waals surface area (Å²) in [5, 5.41) is 2.68. The molecule has 0 heterocycles. The number of nitrogens with zero attached hydrogens (tertiary/aromatic N) is 1. The number of nitrogens with one attached hydrogen (secondary N) is 1. The first-order valence-electron chi connectivity index (χ1n) is 10.7. The van der Waals surface area contributed by atoms with Crippen LogP contribution in [0.2, 0.25) is 0 Å². The lowest BCUT2D eigenvalue weighted by atomic mass is 10.2. The van der Waals surface area contributed by atoms with Gasteiger partial charge in [-0.3, -0.25) is 4.79 Å². The fraction of sp³-hybridized carbons (Fsp3) is 0.240. The molecule has 0 radical (unpaired) electrons. The third kappa shape index (κ3) is 6.81. The second kappa shape index (κ2) is 11.5. The van der Waals surface area contributed by atoms with Crippen molar-refractivity contribution in [3.05, 3.63) is 84.4 Å². The van der Waals surface area contributed by atoms with Gasteiger partial charge in [0.1, 0.15) is 18.1 Å². The number of benzene rings is 3. The highest BCUT2D eigenvalue weighted by atomic mass is 32.2. The van der Waals surface area contributed by atoms with E-state index in [0.29, 0.717) is 36.9 Å². The maximum absolute atomic E-state index is 12.7. The van der Waals surface area contributed by atoms with Crippen LogP contribution in [0.1, 0.15) is 19.4 Å². The monoisotopic (exact) mass is 468 g/mol. The van der Waals surface area contributed by atoms with Gasteiger partial charge < -0.3 is 14.8 Å². The highest BCUT2D eigenvalue weighted by Crippen LogP contribution is 2.21. The molecular formula is C25H28N2O5S. The number of ether oxygens (including phenoxy) is 2. The van der Waals surface area contributed by atoms with Crippen molar-refractivity contribution in [3.63, 3.8) is 0 Å². The minimum Gasteiger partial charge on any atom is -0.489 e. The van der Waals surface area contributed by atoms with Crippen LogP contribution in [0.3, 0.4) is 0 Å². The molecule has 0 aliphatic heterocycles. The molecule has 33 heavy (non-hydrogen) atoms. The van der Waals surface area contributed by atoms with Gasteiger partial charge in [-0.25, -0.2) is 8.42 Å². The van der Waals surface area contributed by atoms with Crippen LogP contribution in [0.4, 0.5) is 5.69 Å². The Hall–Kier alpha value is -3.36. The number of hydrogen-bond donors (Lipinski definition) is 1. The molecule has 3 aromatic rings. The number of hydrogen-bond acceptors (Lipinski definition) is 5. The number of anilines is 1. The quantitative estimate of drug-likeness (QED) is 0.453. The Morgan fingerprint density at radius 1 is 0.848 bits per heavy atom. The van der Waals surface area contributed by atoms with Crippen molar-refractivity contribution in [2.75, 3.05) is 25.0 Å². The van der Waals surface area contributed by atoms with Gasteiger partial charge in [-0.1, -0.05) is 50.2 Å². The molecule has 1 amide bonds. The Bertz CT molecular complexity index is 1140. The third-order valence-corrected chi connectivity index (χ3v) is 6.95. The van der Waals surface area contributed by atoms with E-state index in [1.807, 2.05) is 30.3 Å². The maximum atomic E-state index is 12.7. The summed E-state index contributed by atoms with van der Waals surface area (Å²) in [6.07, 6.45) is 0. The molecule has 174 valence electrons. The summed E-state index contributed by atoms with van der Waals surface area (Å²) >= 11 is 0. The van der Waals surface area contributed by atoms with Crippen molar-refractivity contribution >= 4 is 21.6 Å². The second-order valence-corrected chi connectivity index (χ2v) is 9.14. The van der Waals surface area contributed by atoms with Crippen LogP contribution in [0.25, 0.3) is 0 Å². The van der Waals surface area contributed by atoms with Crippen LogP contribution >= 0.6 is 0 Å². The van der Waals surface area contributed by atoms with Gasteiger partial charge in [0, 0.05) is 18.8 Å². The molecule has 0 saturated carbocycles. The molecule has 0 bridgehead atoms. The van der Waals surface area contributed by atoms with E-state index in [4.69, 9.17) is 9.47 Å². The van der Waals surface area contributed by atoms with Crippen molar-refractivity contribution in [3.8, 4) is 11.5 Å². The van der Waals surface area contributed by atoms with Crippen molar-refractivity contribution < 1.29 is 22.7 Å². The molecule has 3 rings (SSSR count). The minimum atomic E-state index is -3.60. The lowest BCUT2D eigenvalue weighted by Gasteiger charge is -2.18. The van der Waals surface area contributed by atoms with E-state index in [1.54, 1.807) is 50.2 Å². The zero-order valence-electron chi connectivity index (χ0n) is 18.7. The molecule has 0 spiro atoms. The van der Waals surface area contributed by atoms with Crippen LogP contribution in [0.15, 0.2) is 83.8 Å². The van der Waals surface area contributed by atoms with Crippen molar-refractivity contribution in [1.29, 1.82) is 0 Å². The van der Waals surface area contributed by atoms with Crippen LogP contribution in [-0.2, 0) is 21.4 Å². The number of amides is 1. The topological polar surface area (TPSA) is 84.9 Å². The van der Waals surface area contributed by atoms with Gasteiger partial charge in [0.15, 0.2) is 6.61 Å². The molecule has 0 aliphatic rings. The fourth-order valence-electron chi connectivity index (χ4n) is 3.17. The van der Waals surface area contributed by atoms with Gasteiger partial charge >= 0.3 is 0 Å². The average Bonchev–Trinajstić information content (AvgIpc) is 2.83. The third-order valence-electron chi connectivity index (χ3n) is 4.90. The van der Waals surface area contributed by atoms with Crippen molar-refractivity contribution in [2.24, 2.45) is 0 Å². The Balaban J connectivity index is 1.52. The van der Waals surface area contributed by atoms with Gasteiger partial charge in [0.2, 0.25) is 10.0 Å². The predicted octanol–water partition coefficient (Wildman–Crippen LogP) is 4.31. The number of carbonyl (C=O) groups is 1. The summed E-state index contributed by atoms with van der Waals surface area (Å²) < 4.78 is 38.0. The Labute approximate surface area is 195 Å². The summed E-state index contributed by atoms with van der Waals surface area (Å²) in [4.78, 5) is 12.4. The van der Waals surface area contributed by atoms with Crippen molar-refractivity contribution in [2.45, 2.75) is 25.3 Å². The largest absolute Gasteiger partial charge is 0.489 e. The van der Waals surface area contributed by atoms with Gasteiger partial charge in [-0.15, -0.1) is 0 Å². The molecular weight excluding hydrogens is 440 g/mol. The van der Waals surface area contributed by atoms with E-state index in [9.17, 15) is 13.2 Å². The molecule has 0 unspecified atom stereocenters. The Morgan fingerprint density at radius 2 is 1.48 bits per heavy atom. The van der Waals surface area contributed by atoms with Gasteiger partial charge in [0.05, 0.1) is 4.90 Å². The van der Waals surface area contributed by atoms with Crippen LogP contribution < -0.4 is 14.8 Å². The van der Waals surface area contributed by atoms with Crippen LogP contribution in [-0.4, -0.2) is 38.3 Å². The Kier molecular flexibility index (Phi) is 8.46. The van der Waals surface area contributed by atoms with E-state index >= 15 is 0 Å². The highest BCUT2D eigenvalue weighted by molar-refractivity contribution is 7.89. The Morgan fingerprint density at radius 3 is 2.12 bits per heavy atom. The van der Waals surface area contributed by atoms with Gasteiger partial charge in [-0.05, 0) is 48.0 Å². The molecule has 1 N–H and O–H groups in total. The van der Waals surface area contributed by atoms with Gasteiger partial charge in [0.25, 0.3) is 5.91 Å². The van der Waals surface area contributed by atoms with E-state index in [2.05, 4.69) is 5.32 Å². The summed E-state index contributed by atoms with van der Waals surface area (Å²) in [5.74, 6) is 0.828. The molecule has 0 fully saturated rings. The first-order valence-corrected chi connectivity index (χ1v) is 12.2. The fourth-order valence-corrected chi connectivity index (χ4v) is 4.67. The highest BCUT2D eigenvalue weighted by Gasteiger charge is 2.21. The molecule has 3 aromatic carbocycles. The van der Waals surface area contributed by atoms with Crippen LogP contribution in [0, 0.1) is 0 Å². The maximum Gasteiger partial charge on any atom is 0.262 e. The SMILES string of the molecule is CCN(CC)S(=O)(=O)c1cccc(NC(=O)COc2ccc(OCc3ccccc3)cc2)c1. The van der Waals surface area contributed by atoms with E-state index in [1.165, 1.54) is 16.4 Å². The van der Waals surface area contributed by atoms with Crippen LogP contribution in [0.5, 0.6) is 11.5 Å². The number of rotatable bonds is 11. The zero-order valence-corrected chi connectivity index (χ0v) is 19.5. The minimum absolute atomic E-state index is 0.135. The lowest BCUT2D eigenvalue weighted by molar-refractivity contribution is -0.118. The summed E-state index contributed by atoms with van der Waals surface area (Å²) in [7, 11) is -3.60.